The van der Waals surface area contributed by atoms with Gasteiger partial charge in [-0.1, -0.05) is 60.7 Å². The normalized spacial score (nSPS) is 18.4. The third-order valence-electron chi connectivity index (χ3n) is 6.15. The fraction of sp³-hybridized carbons (Fsp3) is 0.185. The smallest absolute Gasteiger partial charge is 0.253 e. The maximum absolute atomic E-state index is 13.4. The maximum atomic E-state index is 13.4. The summed E-state index contributed by atoms with van der Waals surface area (Å²) in [4.78, 5) is 42.6. The SMILES string of the molecule is NC(=O)/C=C\SCC(=O)N[C@@H]1C(=O)N2C(C(=S)OC(c3ccccc3)c3ccccc3)=C(c3ncn[nH]3)CS[C@H]12. The third kappa shape index (κ3) is 5.96. The number of hydrogen-bond donors (Lipinski definition) is 3. The predicted octanol–water partition coefficient (Wildman–Crippen LogP) is 2.78. The van der Waals surface area contributed by atoms with E-state index in [1.54, 1.807) is 4.90 Å². The number of hydrogen-bond acceptors (Lipinski definition) is 9. The van der Waals surface area contributed by atoms with Crippen LogP contribution in [-0.4, -0.2) is 65.8 Å². The molecule has 40 heavy (non-hydrogen) atoms. The van der Waals surface area contributed by atoms with Crippen LogP contribution in [0.3, 0.4) is 0 Å². The Bertz CT molecular complexity index is 1420. The van der Waals surface area contributed by atoms with Crippen LogP contribution < -0.4 is 11.1 Å². The molecule has 1 saturated heterocycles. The first-order valence-electron chi connectivity index (χ1n) is 12.2. The first kappa shape index (κ1) is 27.6. The van der Waals surface area contributed by atoms with Gasteiger partial charge in [-0.2, -0.15) is 5.10 Å². The van der Waals surface area contributed by atoms with Crippen molar-refractivity contribution in [2.24, 2.45) is 5.73 Å². The molecule has 1 aromatic heterocycles. The Balaban J connectivity index is 1.40. The van der Waals surface area contributed by atoms with Gasteiger partial charge in [-0.05, 0) is 28.8 Å². The molecule has 13 heteroatoms. The molecule has 5 rings (SSSR count). The lowest BCUT2D eigenvalue weighted by atomic mass is 10.0. The number of rotatable bonds is 10. The van der Waals surface area contributed by atoms with E-state index in [1.807, 2.05) is 60.7 Å². The Hall–Kier alpha value is -3.94. The van der Waals surface area contributed by atoms with Crippen LogP contribution in [0.4, 0.5) is 0 Å². The van der Waals surface area contributed by atoms with Crippen molar-refractivity contribution >= 4 is 64.1 Å². The Morgan fingerprint density at radius 1 is 1.20 bits per heavy atom. The van der Waals surface area contributed by atoms with E-state index in [0.717, 1.165) is 22.9 Å². The number of nitrogens with zero attached hydrogens (tertiary/aromatic N) is 3. The summed E-state index contributed by atoms with van der Waals surface area (Å²) in [6, 6.07) is 18.7. The third-order valence-corrected chi connectivity index (χ3v) is 8.48. The zero-order valence-electron chi connectivity index (χ0n) is 20.9. The van der Waals surface area contributed by atoms with E-state index in [0.29, 0.717) is 22.8 Å². The maximum Gasteiger partial charge on any atom is 0.253 e. The van der Waals surface area contributed by atoms with Crippen LogP contribution in [0.5, 0.6) is 0 Å². The minimum atomic E-state index is -0.730. The van der Waals surface area contributed by atoms with E-state index in [4.69, 9.17) is 22.7 Å². The number of aromatic amines is 1. The standard InChI is InChI=1S/C27H24N6O4S3/c28-19(34)11-12-39-14-20(35)31-21-25(36)33-22(18(13-40-26(21)33)24-29-15-30-32-24)27(38)37-23(16-7-3-1-4-8-16)17-9-5-2-6-10-17/h1-12,15,21,23,26H,13-14H2,(H2,28,34)(H,31,35)(H,29,30,32)/b12-11-/t21-,26-/m1/s1. The van der Waals surface area contributed by atoms with Crippen LogP contribution in [0.15, 0.2) is 84.2 Å². The summed E-state index contributed by atoms with van der Waals surface area (Å²) in [6.45, 7) is 0. The van der Waals surface area contributed by atoms with Crippen LogP contribution in [0.2, 0.25) is 0 Å². The van der Waals surface area contributed by atoms with Gasteiger partial charge in [0.1, 0.15) is 29.5 Å². The van der Waals surface area contributed by atoms with Crippen LogP contribution in [0, 0.1) is 0 Å². The highest BCUT2D eigenvalue weighted by Crippen LogP contribution is 2.44. The van der Waals surface area contributed by atoms with Crippen molar-refractivity contribution < 1.29 is 19.1 Å². The average Bonchev–Trinajstić information content (AvgIpc) is 3.51. The van der Waals surface area contributed by atoms with Crippen molar-refractivity contribution in [2.75, 3.05) is 11.5 Å². The molecule has 0 saturated carbocycles. The van der Waals surface area contributed by atoms with Gasteiger partial charge in [0.15, 0.2) is 5.82 Å². The number of carbonyl (C=O) groups is 3. The molecule has 10 nitrogen and oxygen atoms in total. The monoisotopic (exact) mass is 592 g/mol. The van der Waals surface area contributed by atoms with Crippen molar-refractivity contribution in [3.05, 3.63) is 101 Å². The number of ether oxygens (including phenoxy) is 1. The lowest BCUT2D eigenvalue weighted by Gasteiger charge is -2.50. The summed E-state index contributed by atoms with van der Waals surface area (Å²) in [6.07, 6.45) is 2.05. The Morgan fingerprint density at radius 3 is 2.48 bits per heavy atom. The molecule has 0 radical (unpaired) electrons. The van der Waals surface area contributed by atoms with E-state index >= 15 is 0 Å². The lowest BCUT2D eigenvalue weighted by Crippen LogP contribution is -2.70. The van der Waals surface area contributed by atoms with Gasteiger partial charge in [0, 0.05) is 17.4 Å². The second-order valence-corrected chi connectivity index (χ2v) is 11.1. The number of nitrogens with one attached hydrogen (secondary N) is 2. The molecular weight excluding hydrogens is 569 g/mol. The zero-order valence-corrected chi connectivity index (χ0v) is 23.4. The number of primary amides is 1. The molecule has 2 aliphatic rings. The molecule has 0 aliphatic carbocycles. The minimum absolute atomic E-state index is 0.0360. The summed E-state index contributed by atoms with van der Waals surface area (Å²) in [5.41, 5.74) is 7.99. The predicted molar refractivity (Wildman–Crippen MR) is 158 cm³/mol. The molecule has 4 N–H and O–H groups in total. The first-order chi connectivity index (χ1) is 19.4. The number of β-lactam (4-membered cyclic amide) rings is 1. The van der Waals surface area contributed by atoms with Crippen molar-refractivity contribution in [1.82, 2.24) is 25.4 Å². The second-order valence-electron chi connectivity index (χ2n) is 8.74. The van der Waals surface area contributed by atoms with E-state index < -0.39 is 18.1 Å². The highest BCUT2D eigenvalue weighted by atomic mass is 32.2. The number of H-pyrrole nitrogens is 1. The van der Waals surface area contributed by atoms with Gasteiger partial charge < -0.3 is 15.8 Å². The number of thioether (sulfide) groups is 2. The summed E-state index contributed by atoms with van der Waals surface area (Å²) in [5, 5.41) is 10.8. The molecule has 3 heterocycles. The number of nitrogens with two attached hydrogens (primary N) is 1. The van der Waals surface area contributed by atoms with Crippen molar-refractivity contribution in [3.63, 3.8) is 0 Å². The topological polar surface area (TPSA) is 143 Å². The average molecular weight is 593 g/mol. The van der Waals surface area contributed by atoms with E-state index in [2.05, 4.69) is 20.5 Å². The molecule has 0 bridgehead atoms. The molecular formula is C27H24N6O4S3. The number of benzene rings is 2. The zero-order chi connectivity index (χ0) is 28.1. The van der Waals surface area contributed by atoms with Crippen LogP contribution in [0.25, 0.3) is 5.57 Å². The fourth-order valence-electron chi connectivity index (χ4n) is 4.34. The highest BCUT2D eigenvalue weighted by molar-refractivity contribution is 8.02. The van der Waals surface area contributed by atoms with Gasteiger partial charge in [-0.15, -0.1) is 23.5 Å². The van der Waals surface area contributed by atoms with Gasteiger partial charge >= 0.3 is 0 Å². The Morgan fingerprint density at radius 2 is 1.88 bits per heavy atom. The highest BCUT2D eigenvalue weighted by Gasteiger charge is 2.54. The first-order valence-corrected chi connectivity index (χ1v) is 14.7. The summed E-state index contributed by atoms with van der Waals surface area (Å²) in [7, 11) is 0. The van der Waals surface area contributed by atoms with E-state index in [9.17, 15) is 14.4 Å². The summed E-state index contributed by atoms with van der Waals surface area (Å²) >= 11 is 8.45. The minimum Gasteiger partial charge on any atom is -0.469 e. The van der Waals surface area contributed by atoms with Gasteiger partial charge in [-0.3, -0.25) is 24.4 Å². The number of fused-ring (bicyclic) bond motifs is 1. The van der Waals surface area contributed by atoms with Gasteiger partial charge in [-0.25, -0.2) is 4.98 Å². The fourth-order valence-corrected chi connectivity index (χ4v) is 6.57. The van der Waals surface area contributed by atoms with Gasteiger partial charge in [0.2, 0.25) is 16.9 Å². The molecule has 2 aliphatic heterocycles. The molecule has 3 aromatic rings. The van der Waals surface area contributed by atoms with E-state index in [-0.39, 0.29) is 28.0 Å². The Kier molecular flexibility index (Phi) is 8.63. The van der Waals surface area contributed by atoms with Crippen LogP contribution in [-0.2, 0) is 19.1 Å². The largest absolute Gasteiger partial charge is 0.469 e. The van der Waals surface area contributed by atoms with Crippen molar-refractivity contribution in [1.29, 1.82) is 0 Å². The quantitative estimate of drug-likeness (QED) is 0.184. The summed E-state index contributed by atoms with van der Waals surface area (Å²) in [5.74, 6) is -0.256. The van der Waals surface area contributed by atoms with Crippen LogP contribution in [0.1, 0.15) is 23.1 Å². The van der Waals surface area contributed by atoms with E-state index in [1.165, 1.54) is 29.6 Å². The molecule has 3 amide bonds. The Labute approximate surface area is 243 Å². The molecule has 1 fully saturated rings. The van der Waals surface area contributed by atoms with Crippen molar-refractivity contribution in [3.8, 4) is 0 Å². The van der Waals surface area contributed by atoms with Crippen molar-refractivity contribution in [2.45, 2.75) is 17.5 Å². The van der Waals surface area contributed by atoms with Crippen LogP contribution >= 0.6 is 35.7 Å². The molecule has 2 aromatic carbocycles. The molecule has 2 atom stereocenters. The van der Waals surface area contributed by atoms with Gasteiger partial charge in [0.25, 0.3) is 5.91 Å². The number of carbonyl (C=O) groups excluding carboxylic acids is 3. The molecule has 0 spiro atoms. The van der Waals surface area contributed by atoms with Gasteiger partial charge in [0.05, 0.1) is 5.75 Å². The number of thiocarbonyl (C=S) groups is 1. The molecule has 204 valence electrons. The number of aromatic nitrogens is 3. The second kappa shape index (κ2) is 12.5. The summed E-state index contributed by atoms with van der Waals surface area (Å²) < 4.78 is 6.46. The molecule has 0 unspecified atom stereocenters. The lowest BCUT2D eigenvalue weighted by molar-refractivity contribution is -0.145. The number of amides is 3.